The number of carbonyl (C=O) groups is 1. The van der Waals surface area contributed by atoms with E-state index in [0.29, 0.717) is 28.4 Å². The van der Waals surface area contributed by atoms with Crippen molar-refractivity contribution in [1.29, 1.82) is 5.26 Å². The topological polar surface area (TPSA) is 87.0 Å². The van der Waals surface area contributed by atoms with Crippen LogP contribution in [0, 0.1) is 11.3 Å². The number of fused-ring (bicyclic) bond motifs is 1. The molecular formula is C25H25N4O2SSi. The zero-order valence-corrected chi connectivity index (χ0v) is 20.3. The van der Waals surface area contributed by atoms with Gasteiger partial charge in [-0.3, -0.25) is 4.79 Å². The number of methoxy groups -OCH3 is 1. The Morgan fingerprint density at radius 1 is 1.30 bits per heavy atom. The standard InChI is InChI=1S/C25H25N4O2SSi/c1-15(12-26)13-27-23-20-11-17(4-3-16(20)5-10-22(23)31-2)21-14-32-25(29-21)24(30)28-18-6-8-19(33)9-7-18/h3-5,10-11,14,18-19,27H,1,6-9,13H2,2H3,(H,28,30). The maximum Gasteiger partial charge on any atom is 0.280 e. The highest BCUT2D eigenvalue weighted by atomic mass is 32.1. The number of hydrogen-bond acceptors (Lipinski definition) is 6. The Morgan fingerprint density at radius 2 is 2.06 bits per heavy atom. The number of hydrogen-bond donors (Lipinski definition) is 2. The van der Waals surface area contributed by atoms with Crippen LogP contribution in [-0.2, 0) is 0 Å². The Labute approximate surface area is 201 Å². The highest BCUT2D eigenvalue weighted by Crippen LogP contribution is 2.36. The SMILES string of the molecule is C=C(C#N)CNc1c(OC)ccc2ccc(-c3csc(C(=O)NC4CCC([Si])CC4)n3)cc12. The van der Waals surface area contributed by atoms with Crippen molar-refractivity contribution in [3.05, 3.63) is 52.9 Å². The second kappa shape index (κ2) is 10.2. The van der Waals surface area contributed by atoms with E-state index in [2.05, 4.69) is 38.5 Å². The molecule has 0 bridgehead atoms. The molecule has 1 aliphatic carbocycles. The molecule has 1 saturated carbocycles. The molecule has 2 aromatic carbocycles. The van der Waals surface area contributed by atoms with Crippen LogP contribution in [0.1, 0.15) is 35.5 Å². The Morgan fingerprint density at radius 3 is 2.79 bits per heavy atom. The molecule has 0 saturated heterocycles. The second-order valence-electron chi connectivity index (χ2n) is 8.21. The summed E-state index contributed by atoms with van der Waals surface area (Å²) in [6.45, 7) is 4.07. The quantitative estimate of drug-likeness (QED) is 0.369. The molecule has 167 valence electrons. The van der Waals surface area contributed by atoms with Crippen LogP contribution in [0.4, 0.5) is 5.69 Å². The molecule has 0 spiro atoms. The van der Waals surface area contributed by atoms with Crippen LogP contribution in [0.2, 0.25) is 5.54 Å². The van der Waals surface area contributed by atoms with Gasteiger partial charge in [-0.05, 0) is 30.4 Å². The molecule has 0 unspecified atom stereocenters. The molecule has 6 nitrogen and oxygen atoms in total. The van der Waals surface area contributed by atoms with E-state index >= 15 is 0 Å². The highest BCUT2D eigenvalue weighted by molar-refractivity contribution is 7.12. The zero-order valence-electron chi connectivity index (χ0n) is 18.5. The zero-order chi connectivity index (χ0) is 23.4. The minimum Gasteiger partial charge on any atom is -0.495 e. The van der Waals surface area contributed by atoms with Gasteiger partial charge in [-0.15, -0.1) is 11.3 Å². The van der Waals surface area contributed by atoms with Crippen molar-refractivity contribution < 1.29 is 9.53 Å². The van der Waals surface area contributed by atoms with E-state index in [1.165, 1.54) is 11.3 Å². The summed E-state index contributed by atoms with van der Waals surface area (Å²) in [4.78, 5) is 17.3. The Balaban J connectivity index is 1.58. The van der Waals surface area contributed by atoms with Crippen molar-refractivity contribution in [2.45, 2.75) is 37.3 Å². The third kappa shape index (κ3) is 5.26. The van der Waals surface area contributed by atoms with Crippen molar-refractivity contribution in [3.63, 3.8) is 0 Å². The summed E-state index contributed by atoms with van der Waals surface area (Å²) in [7, 11) is 5.32. The first kappa shape index (κ1) is 23.0. The molecule has 3 aromatic rings. The molecule has 1 fully saturated rings. The maximum absolute atomic E-state index is 12.7. The van der Waals surface area contributed by atoms with Gasteiger partial charge in [-0.25, -0.2) is 4.98 Å². The summed E-state index contributed by atoms with van der Waals surface area (Å²) in [5.74, 6) is 0.574. The summed E-state index contributed by atoms with van der Waals surface area (Å²) in [6, 6.07) is 12.2. The number of amides is 1. The molecular weight excluding hydrogens is 448 g/mol. The lowest BCUT2D eigenvalue weighted by atomic mass is 9.95. The second-order valence-corrected chi connectivity index (χ2v) is 9.88. The normalized spacial score (nSPS) is 17.8. The molecule has 1 aromatic heterocycles. The third-order valence-electron chi connectivity index (χ3n) is 5.90. The number of carbonyl (C=O) groups excluding carboxylic acids is 1. The van der Waals surface area contributed by atoms with Crippen LogP contribution < -0.4 is 15.4 Å². The van der Waals surface area contributed by atoms with Gasteiger partial charge in [0.25, 0.3) is 5.91 Å². The van der Waals surface area contributed by atoms with E-state index in [1.54, 1.807) is 7.11 Å². The van der Waals surface area contributed by atoms with Gasteiger partial charge in [-0.2, -0.15) is 5.26 Å². The van der Waals surface area contributed by atoms with Gasteiger partial charge >= 0.3 is 0 Å². The fourth-order valence-corrected chi connectivity index (χ4v) is 5.10. The summed E-state index contributed by atoms with van der Waals surface area (Å²) >= 11 is 1.36. The molecule has 4 rings (SSSR count). The molecule has 3 radical (unpaired) electrons. The largest absolute Gasteiger partial charge is 0.495 e. The Hall–Kier alpha value is -3.15. The Bertz CT molecular complexity index is 1220. The Kier molecular flexibility index (Phi) is 7.11. The smallest absolute Gasteiger partial charge is 0.280 e. The van der Waals surface area contributed by atoms with Gasteiger partial charge in [-0.1, -0.05) is 43.2 Å². The van der Waals surface area contributed by atoms with Crippen LogP contribution in [0.3, 0.4) is 0 Å². The monoisotopic (exact) mass is 473 g/mol. The predicted octanol–water partition coefficient (Wildman–Crippen LogP) is 5.09. The van der Waals surface area contributed by atoms with Crippen molar-refractivity contribution in [2.24, 2.45) is 0 Å². The third-order valence-corrected chi connectivity index (χ3v) is 7.31. The lowest BCUT2D eigenvalue weighted by Gasteiger charge is -2.26. The van der Waals surface area contributed by atoms with Crippen molar-refractivity contribution in [2.75, 3.05) is 19.0 Å². The van der Waals surface area contributed by atoms with Gasteiger partial charge in [0, 0.05) is 44.7 Å². The van der Waals surface area contributed by atoms with Crippen LogP contribution in [-0.4, -0.2) is 40.8 Å². The lowest BCUT2D eigenvalue weighted by Crippen LogP contribution is -2.36. The van der Waals surface area contributed by atoms with Gasteiger partial charge in [0.1, 0.15) is 5.75 Å². The van der Waals surface area contributed by atoms with E-state index in [0.717, 1.165) is 53.4 Å². The first-order valence-electron chi connectivity index (χ1n) is 10.9. The van der Waals surface area contributed by atoms with E-state index in [1.807, 2.05) is 35.7 Å². The molecule has 0 atom stereocenters. The van der Waals surface area contributed by atoms with E-state index in [4.69, 9.17) is 10.00 Å². The molecule has 8 heteroatoms. The minimum atomic E-state index is -0.108. The molecule has 0 aliphatic heterocycles. The predicted molar refractivity (Wildman–Crippen MR) is 134 cm³/mol. The summed E-state index contributed by atoms with van der Waals surface area (Å²) in [5, 5.41) is 19.8. The number of anilines is 1. The number of nitrogens with zero attached hydrogens (tertiary/aromatic N) is 2. The molecule has 33 heavy (non-hydrogen) atoms. The molecule has 2 N–H and O–H groups in total. The average molecular weight is 474 g/mol. The maximum atomic E-state index is 12.7. The van der Waals surface area contributed by atoms with E-state index in [-0.39, 0.29) is 11.9 Å². The van der Waals surface area contributed by atoms with E-state index in [9.17, 15) is 4.79 Å². The highest BCUT2D eigenvalue weighted by Gasteiger charge is 2.22. The van der Waals surface area contributed by atoms with Crippen molar-refractivity contribution >= 4 is 43.9 Å². The lowest BCUT2D eigenvalue weighted by molar-refractivity contribution is 0.0927. The fourth-order valence-electron chi connectivity index (χ4n) is 4.04. The number of aromatic nitrogens is 1. The first-order chi connectivity index (χ1) is 16.0. The summed E-state index contributed by atoms with van der Waals surface area (Å²) in [5.41, 5.74) is 3.45. The number of nitrogens with one attached hydrogen (secondary N) is 2. The van der Waals surface area contributed by atoms with Gasteiger partial charge in [0.15, 0.2) is 5.01 Å². The first-order valence-corrected chi connectivity index (χ1v) is 12.3. The van der Waals surface area contributed by atoms with Gasteiger partial charge in [0.05, 0.1) is 24.6 Å². The fraction of sp³-hybridized carbons (Fsp3) is 0.320. The van der Waals surface area contributed by atoms with Crippen LogP contribution in [0.25, 0.3) is 22.0 Å². The molecule has 1 amide bonds. The summed E-state index contributed by atoms with van der Waals surface area (Å²) in [6.07, 6.45) is 4.12. The van der Waals surface area contributed by atoms with Crippen LogP contribution in [0.5, 0.6) is 5.75 Å². The number of ether oxygens (including phenoxy) is 1. The summed E-state index contributed by atoms with van der Waals surface area (Å²) < 4.78 is 5.53. The minimum absolute atomic E-state index is 0.108. The van der Waals surface area contributed by atoms with Gasteiger partial charge < -0.3 is 15.4 Å². The molecule has 1 aliphatic rings. The van der Waals surface area contributed by atoms with Crippen LogP contribution in [0.15, 0.2) is 47.9 Å². The number of nitriles is 1. The van der Waals surface area contributed by atoms with Crippen LogP contribution >= 0.6 is 11.3 Å². The van der Waals surface area contributed by atoms with Crippen molar-refractivity contribution in [3.8, 4) is 23.1 Å². The molecule has 1 heterocycles. The average Bonchev–Trinajstić information content (AvgIpc) is 3.34. The van der Waals surface area contributed by atoms with E-state index < -0.39 is 0 Å². The van der Waals surface area contributed by atoms with Crippen molar-refractivity contribution in [1.82, 2.24) is 10.3 Å². The van der Waals surface area contributed by atoms with Gasteiger partial charge in [0.2, 0.25) is 0 Å². The number of benzene rings is 2. The number of thiazole rings is 1. The number of rotatable bonds is 7.